The quantitative estimate of drug-likeness (QED) is 0.179. The normalized spacial score (nSPS) is 11.9. The fourth-order valence-corrected chi connectivity index (χ4v) is 8.03. The highest BCUT2D eigenvalue weighted by atomic mass is 15.1. The van der Waals surface area contributed by atoms with E-state index in [9.17, 15) is 0 Å². The molecule has 4 heteroatoms. The number of hydrogen-bond acceptors (Lipinski definition) is 3. The number of fused-ring (bicyclic) bond motifs is 14. The van der Waals surface area contributed by atoms with Crippen LogP contribution in [0.15, 0.2) is 170 Å². The highest BCUT2D eigenvalue weighted by molar-refractivity contribution is 6.25. The molecule has 0 amide bonds. The second-order valence-electron chi connectivity index (χ2n) is 13.2. The van der Waals surface area contributed by atoms with Gasteiger partial charge in [0.1, 0.15) is 16.9 Å². The molecule has 8 aromatic carbocycles. The maximum Gasteiger partial charge on any atom is 0.169 e. The molecule has 11 rings (SSSR count). The van der Waals surface area contributed by atoms with Crippen molar-refractivity contribution in [3.63, 3.8) is 0 Å². The van der Waals surface area contributed by atoms with Crippen LogP contribution in [0, 0.1) is 0 Å². The monoisotopic (exact) mass is 648 g/mol. The van der Waals surface area contributed by atoms with Crippen molar-refractivity contribution in [2.75, 3.05) is 0 Å². The van der Waals surface area contributed by atoms with Crippen molar-refractivity contribution < 1.29 is 0 Å². The van der Waals surface area contributed by atoms with E-state index in [2.05, 4.69) is 156 Å². The number of rotatable bonds is 3. The molecule has 51 heavy (non-hydrogen) atoms. The number of benzene rings is 8. The predicted molar refractivity (Wildman–Crippen MR) is 212 cm³/mol. The Bertz CT molecular complexity index is 3160. The van der Waals surface area contributed by atoms with Gasteiger partial charge in [-0.05, 0) is 67.0 Å². The number of imidazole rings is 1. The van der Waals surface area contributed by atoms with Crippen molar-refractivity contribution in [1.82, 2.24) is 19.4 Å². The minimum atomic E-state index is 0.673. The lowest BCUT2D eigenvalue weighted by molar-refractivity contribution is 1.18. The van der Waals surface area contributed by atoms with Gasteiger partial charge in [0.25, 0.3) is 0 Å². The molecule has 4 nitrogen and oxygen atoms in total. The van der Waals surface area contributed by atoms with Crippen LogP contribution in [0.25, 0.3) is 105 Å². The van der Waals surface area contributed by atoms with Gasteiger partial charge < -0.3 is 0 Å². The first-order valence-corrected chi connectivity index (χ1v) is 17.3. The maximum absolute atomic E-state index is 5.35. The summed E-state index contributed by atoms with van der Waals surface area (Å²) >= 11 is 0. The lowest BCUT2D eigenvalue weighted by atomic mass is 9.91. The maximum atomic E-state index is 5.35. The van der Waals surface area contributed by atoms with Gasteiger partial charge in [-0.15, -0.1) is 0 Å². The fourth-order valence-electron chi connectivity index (χ4n) is 8.03. The van der Waals surface area contributed by atoms with Crippen molar-refractivity contribution in [2.45, 2.75) is 0 Å². The van der Waals surface area contributed by atoms with Crippen LogP contribution in [0.1, 0.15) is 0 Å². The van der Waals surface area contributed by atoms with Gasteiger partial charge in [0.05, 0.1) is 5.52 Å². The van der Waals surface area contributed by atoms with Crippen LogP contribution in [-0.4, -0.2) is 19.4 Å². The SMILES string of the molecule is c1ccc(-c2nc(-c3cccc(-c4ccc5c6ccccc6c6ccccc6c5c4)c3)c3nc4c5ccccc5c5ccccc5n4c3n2)cc1. The highest BCUT2D eigenvalue weighted by Gasteiger charge is 2.21. The van der Waals surface area contributed by atoms with Crippen molar-refractivity contribution in [3.05, 3.63) is 170 Å². The van der Waals surface area contributed by atoms with Crippen molar-refractivity contribution in [1.29, 1.82) is 0 Å². The largest absolute Gasteiger partial charge is 0.276 e. The molecule has 0 aliphatic heterocycles. The van der Waals surface area contributed by atoms with Crippen molar-refractivity contribution in [3.8, 4) is 33.8 Å². The minimum absolute atomic E-state index is 0.673. The van der Waals surface area contributed by atoms with Gasteiger partial charge in [-0.3, -0.25) is 4.40 Å². The molecule has 0 fully saturated rings. The summed E-state index contributed by atoms with van der Waals surface area (Å²) in [7, 11) is 0. The van der Waals surface area contributed by atoms with Gasteiger partial charge in [-0.1, -0.05) is 152 Å². The number of pyridine rings is 1. The Morgan fingerprint density at radius 1 is 0.314 bits per heavy atom. The molecule has 0 bridgehead atoms. The van der Waals surface area contributed by atoms with Gasteiger partial charge in [-0.2, -0.15) is 0 Å². The Morgan fingerprint density at radius 2 is 0.843 bits per heavy atom. The Balaban J connectivity index is 1.18. The molecule has 0 N–H and O–H groups in total. The number of hydrogen-bond donors (Lipinski definition) is 0. The van der Waals surface area contributed by atoms with Crippen molar-refractivity contribution >= 4 is 70.8 Å². The fraction of sp³-hybridized carbons (Fsp3) is 0. The molecule has 236 valence electrons. The smallest absolute Gasteiger partial charge is 0.169 e. The number of aromatic nitrogens is 4. The molecular formula is C47H28N4. The third kappa shape index (κ3) is 4.17. The number of nitrogens with zero attached hydrogens (tertiary/aromatic N) is 4. The average molecular weight is 649 g/mol. The minimum Gasteiger partial charge on any atom is -0.276 e. The van der Waals surface area contributed by atoms with E-state index in [0.29, 0.717) is 5.82 Å². The van der Waals surface area contributed by atoms with Crippen LogP contribution in [0.2, 0.25) is 0 Å². The zero-order valence-corrected chi connectivity index (χ0v) is 27.5. The molecule has 0 aliphatic carbocycles. The molecule has 3 aromatic heterocycles. The summed E-state index contributed by atoms with van der Waals surface area (Å²) in [6, 6.07) is 60.3. The molecule has 11 aromatic rings. The average Bonchev–Trinajstić information content (AvgIpc) is 3.61. The summed E-state index contributed by atoms with van der Waals surface area (Å²) < 4.78 is 2.22. The van der Waals surface area contributed by atoms with E-state index < -0.39 is 0 Å². The summed E-state index contributed by atoms with van der Waals surface area (Å²) in [4.78, 5) is 15.9. The first-order valence-electron chi connectivity index (χ1n) is 17.3. The van der Waals surface area contributed by atoms with E-state index in [-0.39, 0.29) is 0 Å². The molecular weight excluding hydrogens is 621 g/mol. The van der Waals surface area contributed by atoms with E-state index >= 15 is 0 Å². The first-order chi connectivity index (χ1) is 25.3. The highest BCUT2D eigenvalue weighted by Crippen LogP contribution is 2.39. The molecule has 0 atom stereocenters. The summed E-state index contributed by atoms with van der Waals surface area (Å²) in [5, 5.41) is 11.0. The van der Waals surface area contributed by atoms with Crippen LogP contribution < -0.4 is 0 Å². The summed E-state index contributed by atoms with van der Waals surface area (Å²) in [6.07, 6.45) is 0. The van der Waals surface area contributed by atoms with Crippen LogP contribution in [0.3, 0.4) is 0 Å². The first kappa shape index (κ1) is 28.0. The molecule has 0 unspecified atom stereocenters. The van der Waals surface area contributed by atoms with Crippen LogP contribution in [0.4, 0.5) is 0 Å². The van der Waals surface area contributed by atoms with E-state index in [0.717, 1.165) is 55.7 Å². The summed E-state index contributed by atoms with van der Waals surface area (Å²) in [6.45, 7) is 0. The summed E-state index contributed by atoms with van der Waals surface area (Å²) in [5.74, 6) is 0.673. The summed E-state index contributed by atoms with van der Waals surface area (Å²) in [5.41, 5.74) is 8.59. The van der Waals surface area contributed by atoms with Crippen LogP contribution in [0.5, 0.6) is 0 Å². The zero-order valence-electron chi connectivity index (χ0n) is 27.5. The van der Waals surface area contributed by atoms with Gasteiger partial charge in [0.15, 0.2) is 11.5 Å². The van der Waals surface area contributed by atoms with E-state index in [4.69, 9.17) is 15.0 Å². The predicted octanol–water partition coefficient (Wildman–Crippen LogP) is 12.0. The van der Waals surface area contributed by atoms with Crippen molar-refractivity contribution in [2.24, 2.45) is 0 Å². The van der Waals surface area contributed by atoms with E-state index in [1.807, 2.05) is 18.2 Å². The molecule has 0 saturated carbocycles. The Hall–Kier alpha value is -6.91. The second kappa shape index (κ2) is 10.8. The molecule has 3 heterocycles. The molecule has 0 spiro atoms. The standard InChI is InChI=1S/C47H28N4/c1-2-13-29(14-3-1)45-48-43(44-47(50-45)51-42-24-11-10-22-39(42)37-21-8-9-23-40(37)46(51)49-44)32-16-12-15-30(27-32)31-25-26-38-35-19-5-4-17-33(35)34-18-6-7-20-36(34)41(38)28-31/h1-28H. The third-order valence-corrected chi connectivity index (χ3v) is 10.4. The lowest BCUT2D eigenvalue weighted by Crippen LogP contribution is -1.97. The van der Waals surface area contributed by atoms with Gasteiger partial charge in [-0.25, -0.2) is 15.0 Å². The third-order valence-electron chi connectivity index (χ3n) is 10.4. The van der Waals surface area contributed by atoms with Gasteiger partial charge in [0.2, 0.25) is 0 Å². The van der Waals surface area contributed by atoms with Gasteiger partial charge >= 0.3 is 0 Å². The Morgan fingerprint density at radius 3 is 1.57 bits per heavy atom. The second-order valence-corrected chi connectivity index (χ2v) is 13.2. The lowest BCUT2D eigenvalue weighted by Gasteiger charge is -2.13. The molecule has 0 radical (unpaired) electrons. The molecule has 0 aliphatic rings. The number of para-hydroxylation sites is 1. The Labute approximate surface area is 292 Å². The molecule has 0 saturated heterocycles. The van der Waals surface area contributed by atoms with Crippen LogP contribution >= 0.6 is 0 Å². The van der Waals surface area contributed by atoms with E-state index in [1.165, 1.54) is 43.1 Å². The van der Waals surface area contributed by atoms with Crippen LogP contribution in [-0.2, 0) is 0 Å². The topological polar surface area (TPSA) is 43.1 Å². The Kier molecular flexibility index (Phi) is 5.92. The zero-order chi connectivity index (χ0) is 33.5. The van der Waals surface area contributed by atoms with Gasteiger partial charge in [0, 0.05) is 21.9 Å². The van der Waals surface area contributed by atoms with E-state index in [1.54, 1.807) is 0 Å².